The van der Waals surface area contributed by atoms with Crippen LogP contribution in [0.3, 0.4) is 0 Å². The normalized spacial score (nSPS) is 20.4. The third-order valence-corrected chi connectivity index (χ3v) is 2.94. The van der Waals surface area contributed by atoms with E-state index < -0.39 is 0 Å². The minimum Gasteiger partial charge on any atom is -0.497 e. The molecule has 0 saturated carbocycles. The van der Waals surface area contributed by atoms with Crippen LogP contribution < -0.4 is 14.8 Å². The van der Waals surface area contributed by atoms with Gasteiger partial charge in [0.15, 0.2) is 0 Å². The second-order valence-electron chi connectivity index (χ2n) is 4.20. The van der Waals surface area contributed by atoms with Crippen LogP contribution in [0.2, 0.25) is 0 Å². The minimum atomic E-state index is 0.649. The summed E-state index contributed by atoms with van der Waals surface area (Å²) >= 11 is 0. The number of piperidine rings is 1. The number of nitrogens with one attached hydrogen (secondary N) is 1. The first-order valence-electron chi connectivity index (χ1n) is 5.86. The van der Waals surface area contributed by atoms with Crippen LogP contribution in [0.5, 0.6) is 11.5 Å². The van der Waals surface area contributed by atoms with Crippen molar-refractivity contribution in [2.45, 2.75) is 12.8 Å². The number of benzene rings is 1. The molecule has 1 saturated heterocycles. The molecule has 0 aromatic heterocycles. The van der Waals surface area contributed by atoms with Crippen molar-refractivity contribution in [3.05, 3.63) is 24.3 Å². The third kappa shape index (κ3) is 3.14. The van der Waals surface area contributed by atoms with E-state index in [2.05, 4.69) is 5.32 Å². The molecule has 1 aromatic rings. The van der Waals surface area contributed by atoms with Gasteiger partial charge < -0.3 is 14.8 Å². The predicted octanol–water partition coefficient (Wildman–Crippen LogP) is 2.07. The Bertz CT molecular complexity index is 304. The van der Waals surface area contributed by atoms with E-state index in [1.165, 1.54) is 12.8 Å². The summed E-state index contributed by atoms with van der Waals surface area (Å²) in [5.74, 6) is 2.44. The maximum absolute atomic E-state index is 5.75. The van der Waals surface area contributed by atoms with Gasteiger partial charge in [-0.15, -0.1) is 0 Å². The first-order valence-corrected chi connectivity index (χ1v) is 5.86. The first kappa shape index (κ1) is 11.3. The molecule has 0 unspecified atom stereocenters. The van der Waals surface area contributed by atoms with Crippen molar-refractivity contribution in [1.29, 1.82) is 0 Å². The molecule has 3 heteroatoms. The van der Waals surface area contributed by atoms with Gasteiger partial charge in [0, 0.05) is 12.5 Å². The Balaban J connectivity index is 1.79. The summed E-state index contributed by atoms with van der Waals surface area (Å²) in [6.45, 7) is 3.04. The van der Waals surface area contributed by atoms with Gasteiger partial charge in [0.2, 0.25) is 0 Å². The summed E-state index contributed by atoms with van der Waals surface area (Å²) in [6.07, 6.45) is 2.53. The molecule has 88 valence electrons. The van der Waals surface area contributed by atoms with Gasteiger partial charge in [-0.2, -0.15) is 0 Å². The van der Waals surface area contributed by atoms with Gasteiger partial charge in [-0.25, -0.2) is 0 Å². The second kappa shape index (κ2) is 5.75. The highest BCUT2D eigenvalue weighted by Gasteiger charge is 2.13. The molecule has 0 bridgehead atoms. The molecule has 0 spiro atoms. The summed E-state index contributed by atoms with van der Waals surface area (Å²) in [5.41, 5.74) is 0. The summed E-state index contributed by atoms with van der Waals surface area (Å²) in [7, 11) is 1.67. The fourth-order valence-corrected chi connectivity index (χ4v) is 1.95. The summed E-state index contributed by atoms with van der Waals surface area (Å²) in [5, 5.41) is 3.39. The Morgan fingerprint density at radius 3 is 2.62 bits per heavy atom. The summed E-state index contributed by atoms with van der Waals surface area (Å²) in [6, 6.07) is 7.76. The number of hydrogen-bond donors (Lipinski definition) is 1. The molecule has 2 rings (SSSR count). The van der Waals surface area contributed by atoms with Gasteiger partial charge in [0.05, 0.1) is 13.7 Å². The molecular formula is C13H19NO2. The number of hydrogen-bond acceptors (Lipinski definition) is 3. The topological polar surface area (TPSA) is 30.5 Å². The van der Waals surface area contributed by atoms with E-state index >= 15 is 0 Å². The highest BCUT2D eigenvalue weighted by atomic mass is 16.5. The molecule has 0 radical (unpaired) electrons. The van der Waals surface area contributed by atoms with E-state index in [9.17, 15) is 0 Å². The zero-order chi connectivity index (χ0) is 11.2. The van der Waals surface area contributed by atoms with Crippen molar-refractivity contribution >= 4 is 0 Å². The van der Waals surface area contributed by atoms with Crippen LogP contribution in [0.4, 0.5) is 0 Å². The first-order chi connectivity index (χ1) is 7.88. The maximum Gasteiger partial charge on any atom is 0.119 e. The van der Waals surface area contributed by atoms with Gasteiger partial charge >= 0.3 is 0 Å². The molecule has 0 aliphatic carbocycles. The lowest BCUT2D eigenvalue weighted by Crippen LogP contribution is -2.33. The molecule has 1 fully saturated rings. The van der Waals surface area contributed by atoms with Crippen LogP contribution >= 0.6 is 0 Å². The highest BCUT2D eigenvalue weighted by Crippen LogP contribution is 2.18. The van der Waals surface area contributed by atoms with Crippen LogP contribution in [0.1, 0.15) is 12.8 Å². The van der Waals surface area contributed by atoms with Gasteiger partial charge in [0.1, 0.15) is 11.5 Å². The van der Waals surface area contributed by atoms with Crippen molar-refractivity contribution in [2.24, 2.45) is 5.92 Å². The molecule has 1 atom stereocenters. The van der Waals surface area contributed by atoms with E-state index in [4.69, 9.17) is 9.47 Å². The van der Waals surface area contributed by atoms with E-state index in [1.807, 2.05) is 24.3 Å². The van der Waals surface area contributed by atoms with Crippen LogP contribution in [0.25, 0.3) is 0 Å². The molecule has 1 aliphatic heterocycles. The maximum atomic E-state index is 5.75. The fourth-order valence-electron chi connectivity index (χ4n) is 1.95. The minimum absolute atomic E-state index is 0.649. The molecule has 16 heavy (non-hydrogen) atoms. The van der Waals surface area contributed by atoms with Crippen molar-refractivity contribution in [3.63, 3.8) is 0 Å². The smallest absolute Gasteiger partial charge is 0.119 e. The van der Waals surface area contributed by atoms with Crippen molar-refractivity contribution < 1.29 is 9.47 Å². The van der Waals surface area contributed by atoms with Crippen molar-refractivity contribution in [1.82, 2.24) is 5.32 Å². The van der Waals surface area contributed by atoms with Gasteiger partial charge in [-0.05, 0) is 43.7 Å². The number of rotatable bonds is 4. The largest absolute Gasteiger partial charge is 0.497 e. The Hall–Kier alpha value is -1.22. The highest BCUT2D eigenvalue weighted by molar-refractivity contribution is 5.31. The van der Waals surface area contributed by atoms with E-state index in [0.29, 0.717) is 5.92 Å². The molecule has 1 heterocycles. The predicted molar refractivity (Wildman–Crippen MR) is 64.1 cm³/mol. The van der Waals surface area contributed by atoms with Crippen LogP contribution in [0.15, 0.2) is 24.3 Å². The van der Waals surface area contributed by atoms with Crippen LogP contribution in [-0.4, -0.2) is 26.8 Å². The Morgan fingerprint density at radius 1 is 1.25 bits per heavy atom. The number of ether oxygens (including phenoxy) is 2. The van der Waals surface area contributed by atoms with E-state index in [-0.39, 0.29) is 0 Å². The SMILES string of the molecule is COc1ccc(OC[C@H]2CCCNC2)cc1. The monoisotopic (exact) mass is 221 g/mol. The molecule has 1 aromatic carbocycles. The quantitative estimate of drug-likeness (QED) is 0.844. The average molecular weight is 221 g/mol. The lowest BCUT2D eigenvalue weighted by Gasteiger charge is -2.22. The van der Waals surface area contributed by atoms with Gasteiger partial charge in [-0.3, -0.25) is 0 Å². The second-order valence-corrected chi connectivity index (χ2v) is 4.20. The Morgan fingerprint density at radius 2 is 2.00 bits per heavy atom. The van der Waals surface area contributed by atoms with Crippen LogP contribution in [0, 0.1) is 5.92 Å². The average Bonchev–Trinajstić information content (AvgIpc) is 2.38. The van der Waals surface area contributed by atoms with Gasteiger partial charge in [0.25, 0.3) is 0 Å². The van der Waals surface area contributed by atoms with Crippen molar-refractivity contribution in [2.75, 3.05) is 26.8 Å². The molecule has 3 nitrogen and oxygen atoms in total. The molecular weight excluding hydrogens is 202 g/mol. The Labute approximate surface area is 96.8 Å². The lowest BCUT2D eigenvalue weighted by atomic mass is 10.0. The standard InChI is InChI=1S/C13H19NO2/c1-15-12-4-6-13(7-5-12)16-10-11-3-2-8-14-9-11/h4-7,11,14H,2-3,8-10H2,1H3/t11-/m0/s1. The molecule has 1 aliphatic rings. The molecule has 0 amide bonds. The van der Waals surface area contributed by atoms with E-state index in [0.717, 1.165) is 31.2 Å². The summed E-state index contributed by atoms with van der Waals surface area (Å²) in [4.78, 5) is 0. The van der Waals surface area contributed by atoms with Crippen LogP contribution in [-0.2, 0) is 0 Å². The van der Waals surface area contributed by atoms with E-state index in [1.54, 1.807) is 7.11 Å². The van der Waals surface area contributed by atoms with Gasteiger partial charge in [-0.1, -0.05) is 0 Å². The van der Waals surface area contributed by atoms with Crippen molar-refractivity contribution in [3.8, 4) is 11.5 Å². The fraction of sp³-hybridized carbons (Fsp3) is 0.538. The third-order valence-electron chi connectivity index (χ3n) is 2.94. The zero-order valence-corrected chi connectivity index (χ0v) is 9.74. The zero-order valence-electron chi connectivity index (χ0n) is 9.74. The lowest BCUT2D eigenvalue weighted by molar-refractivity contribution is 0.218. The molecule has 1 N–H and O–H groups in total. The Kier molecular flexibility index (Phi) is 4.05. The number of methoxy groups -OCH3 is 1. The summed E-state index contributed by atoms with van der Waals surface area (Å²) < 4.78 is 10.8.